The van der Waals surface area contributed by atoms with Gasteiger partial charge in [0.15, 0.2) is 0 Å². The summed E-state index contributed by atoms with van der Waals surface area (Å²) in [4.78, 5) is 0. The van der Waals surface area contributed by atoms with Crippen molar-refractivity contribution in [2.45, 2.75) is 44.2 Å². The van der Waals surface area contributed by atoms with Crippen molar-refractivity contribution >= 4 is 10.2 Å². The minimum absolute atomic E-state index is 0.405. The zero-order valence-electron chi connectivity index (χ0n) is 7.44. The molecule has 0 saturated heterocycles. The van der Waals surface area contributed by atoms with Crippen LogP contribution in [0, 0.1) is 0 Å². The fraction of sp³-hybridized carbons (Fsp3) is 1.00. The topological polar surface area (TPSA) is 92.4 Å². The van der Waals surface area contributed by atoms with Gasteiger partial charge in [0.25, 0.3) is 10.2 Å². The molecule has 1 aliphatic carbocycles. The summed E-state index contributed by atoms with van der Waals surface area (Å²) in [7, 11) is -3.68. The van der Waals surface area contributed by atoms with Crippen molar-refractivity contribution in [3.05, 3.63) is 0 Å². The molecular formula is C7H16N2O3S. The molecule has 1 fully saturated rings. The first kappa shape index (κ1) is 10.9. The second kappa shape index (κ2) is 4.36. The van der Waals surface area contributed by atoms with Gasteiger partial charge in [-0.05, 0) is 12.8 Å². The summed E-state index contributed by atoms with van der Waals surface area (Å²) in [5, 5.41) is 14.4. The van der Waals surface area contributed by atoms with Crippen LogP contribution in [0.25, 0.3) is 0 Å². The minimum Gasteiger partial charge on any atom is -0.391 e. The zero-order chi connectivity index (χ0) is 9.90. The predicted octanol–water partition coefficient (Wildman–Crippen LogP) is -0.527. The molecule has 0 aromatic carbocycles. The van der Waals surface area contributed by atoms with Gasteiger partial charge in [0.2, 0.25) is 0 Å². The van der Waals surface area contributed by atoms with Gasteiger partial charge in [0, 0.05) is 6.04 Å². The summed E-state index contributed by atoms with van der Waals surface area (Å²) in [6, 6.07) is -0.405. The lowest BCUT2D eigenvalue weighted by Gasteiger charge is -2.19. The maximum absolute atomic E-state index is 10.7. The lowest BCUT2D eigenvalue weighted by Crippen LogP contribution is -2.45. The lowest BCUT2D eigenvalue weighted by atomic mass is 10.1. The third-order valence-corrected chi connectivity index (χ3v) is 2.93. The van der Waals surface area contributed by atoms with E-state index in [1.807, 2.05) is 0 Å². The molecule has 0 aliphatic heterocycles. The summed E-state index contributed by atoms with van der Waals surface area (Å²) in [6.45, 7) is 0. The number of nitrogens with one attached hydrogen (secondary N) is 1. The molecule has 0 spiro atoms. The summed E-state index contributed by atoms with van der Waals surface area (Å²) < 4.78 is 23.7. The van der Waals surface area contributed by atoms with Crippen LogP contribution in [0.1, 0.15) is 32.1 Å². The van der Waals surface area contributed by atoms with Crippen molar-refractivity contribution in [1.29, 1.82) is 0 Å². The summed E-state index contributed by atoms with van der Waals surface area (Å²) in [5.41, 5.74) is 0. The van der Waals surface area contributed by atoms with Crippen LogP contribution in [0.2, 0.25) is 0 Å². The normalized spacial score (nSPS) is 31.2. The highest BCUT2D eigenvalue weighted by molar-refractivity contribution is 7.87. The van der Waals surface area contributed by atoms with Crippen LogP contribution in [0.5, 0.6) is 0 Å². The fourth-order valence-corrected chi connectivity index (χ4v) is 2.33. The Bertz CT molecular complexity index is 252. The molecule has 6 heteroatoms. The number of aliphatic hydroxyl groups is 1. The van der Waals surface area contributed by atoms with E-state index in [0.717, 1.165) is 19.3 Å². The third kappa shape index (κ3) is 4.04. The van der Waals surface area contributed by atoms with Gasteiger partial charge in [0.05, 0.1) is 6.10 Å². The number of hydrogen-bond acceptors (Lipinski definition) is 3. The second-order valence-corrected chi connectivity index (χ2v) is 4.80. The van der Waals surface area contributed by atoms with E-state index in [4.69, 9.17) is 5.14 Å². The predicted molar refractivity (Wildman–Crippen MR) is 49.1 cm³/mol. The molecule has 2 atom stereocenters. The Morgan fingerprint density at radius 1 is 1.23 bits per heavy atom. The molecule has 4 N–H and O–H groups in total. The van der Waals surface area contributed by atoms with E-state index in [0.29, 0.717) is 12.8 Å². The second-order valence-electron chi connectivity index (χ2n) is 3.47. The highest BCUT2D eigenvalue weighted by Gasteiger charge is 2.24. The van der Waals surface area contributed by atoms with E-state index in [2.05, 4.69) is 4.72 Å². The van der Waals surface area contributed by atoms with Gasteiger partial charge in [-0.2, -0.15) is 13.1 Å². The molecular weight excluding hydrogens is 192 g/mol. The minimum atomic E-state index is -3.68. The molecule has 78 valence electrons. The molecule has 0 bridgehead atoms. The molecule has 0 aromatic heterocycles. The standard InChI is InChI=1S/C7H16N2O3S/c8-13(11,12)9-6-4-2-1-3-5-7(6)10/h6-7,9-10H,1-5H2,(H2,8,11,12). The van der Waals surface area contributed by atoms with Crippen molar-refractivity contribution in [1.82, 2.24) is 4.72 Å². The van der Waals surface area contributed by atoms with Crippen LogP contribution < -0.4 is 9.86 Å². The van der Waals surface area contributed by atoms with Gasteiger partial charge in [-0.15, -0.1) is 0 Å². The maximum Gasteiger partial charge on any atom is 0.274 e. The van der Waals surface area contributed by atoms with Crippen LogP contribution in [0.3, 0.4) is 0 Å². The quantitative estimate of drug-likeness (QED) is 0.533. The molecule has 0 amide bonds. The molecule has 1 saturated carbocycles. The lowest BCUT2D eigenvalue weighted by molar-refractivity contribution is 0.130. The van der Waals surface area contributed by atoms with Crippen molar-refractivity contribution < 1.29 is 13.5 Å². The Labute approximate surface area is 78.5 Å². The Morgan fingerprint density at radius 3 is 2.46 bits per heavy atom. The summed E-state index contributed by atoms with van der Waals surface area (Å²) >= 11 is 0. The molecule has 1 aliphatic rings. The highest BCUT2D eigenvalue weighted by Crippen LogP contribution is 2.18. The molecule has 5 nitrogen and oxygen atoms in total. The molecule has 1 rings (SSSR count). The van der Waals surface area contributed by atoms with Gasteiger partial charge in [0.1, 0.15) is 0 Å². The average molecular weight is 208 g/mol. The van der Waals surface area contributed by atoms with Crippen LogP contribution >= 0.6 is 0 Å². The molecule has 0 radical (unpaired) electrons. The van der Waals surface area contributed by atoms with Crippen LogP contribution in [0.4, 0.5) is 0 Å². The van der Waals surface area contributed by atoms with E-state index < -0.39 is 22.4 Å². The van der Waals surface area contributed by atoms with E-state index in [1.54, 1.807) is 0 Å². The first-order valence-electron chi connectivity index (χ1n) is 4.47. The Morgan fingerprint density at radius 2 is 1.85 bits per heavy atom. The largest absolute Gasteiger partial charge is 0.391 e. The van der Waals surface area contributed by atoms with Crippen molar-refractivity contribution in [2.75, 3.05) is 0 Å². The number of nitrogens with two attached hydrogens (primary N) is 1. The van der Waals surface area contributed by atoms with Gasteiger partial charge >= 0.3 is 0 Å². The van der Waals surface area contributed by atoms with Gasteiger partial charge < -0.3 is 5.11 Å². The fourth-order valence-electron chi connectivity index (χ4n) is 1.64. The molecule has 0 heterocycles. The molecule has 2 unspecified atom stereocenters. The van der Waals surface area contributed by atoms with Crippen LogP contribution in [-0.2, 0) is 10.2 Å². The average Bonchev–Trinajstić information content (AvgIpc) is 2.14. The van der Waals surface area contributed by atoms with E-state index in [-0.39, 0.29) is 0 Å². The van der Waals surface area contributed by atoms with Gasteiger partial charge in [-0.25, -0.2) is 5.14 Å². The zero-order valence-corrected chi connectivity index (χ0v) is 8.26. The summed E-state index contributed by atoms with van der Waals surface area (Å²) in [5.74, 6) is 0. The van der Waals surface area contributed by atoms with E-state index in [1.165, 1.54) is 0 Å². The third-order valence-electron chi connectivity index (χ3n) is 2.30. The maximum atomic E-state index is 10.7. The number of rotatable bonds is 2. The molecule has 13 heavy (non-hydrogen) atoms. The Hall–Kier alpha value is -0.170. The molecule has 0 aromatic rings. The Balaban J connectivity index is 2.55. The first-order chi connectivity index (χ1) is 5.99. The number of aliphatic hydroxyl groups excluding tert-OH is 1. The van der Waals surface area contributed by atoms with Crippen molar-refractivity contribution in [3.63, 3.8) is 0 Å². The van der Waals surface area contributed by atoms with Crippen LogP contribution in [-0.4, -0.2) is 25.7 Å². The monoisotopic (exact) mass is 208 g/mol. The first-order valence-corrected chi connectivity index (χ1v) is 6.02. The van der Waals surface area contributed by atoms with Crippen molar-refractivity contribution in [2.24, 2.45) is 5.14 Å². The van der Waals surface area contributed by atoms with Gasteiger partial charge in [-0.1, -0.05) is 19.3 Å². The van der Waals surface area contributed by atoms with Gasteiger partial charge in [-0.3, -0.25) is 0 Å². The van der Waals surface area contributed by atoms with E-state index >= 15 is 0 Å². The highest BCUT2D eigenvalue weighted by atomic mass is 32.2. The summed E-state index contributed by atoms with van der Waals surface area (Å²) in [6.07, 6.45) is 3.64. The van der Waals surface area contributed by atoms with Crippen LogP contribution in [0.15, 0.2) is 0 Å². The smallest absolute Gasteiger partial charge is 0.274 e. The SMILES string of the molecule is NS(=O)(=O)NC1CCCCCC1O. The van der Waals surface area contributed by atoms with E-state index in [9.17, 15) is 13.5 Å². The number of hydrogen-bond donors (Lipinski definition) is 3. The Kier molecular flexibility index (Phi) is 3.66. The van der Waals surface area contributed by atoms with Crippen molar-refractivity contribution in [3.8, 4) is 0 Å².